The molecule has 3 nitrogen and oxygen atoms in total. The van der Waals surface area contributed by atoms with Crippen LogP contribution in [0.15, 0.2) is 29.4 Å². The van der Waals surface area contributed by atoms with Gasteiger partial charge in [-0.25, -0.2) is 8.78 Å². The summed E-state index contributed by atoms with van der Waals surface area (Å²) in [4.78, 5) is 0. The van der Waals surface area contributed by atoms with E-state index in [9.17, 15) is 8.78 Å². The summed E-state index contributed by atoms with van der Waals surface area (Å²) in [6.07, 6.45) is 0.0681. The van der Waals surface area contributed by atoms with Gasteiger partial charge in [0.2, 0.25) is 0 Å². The van der Waals surface area contributed by atoms with E-state index < -0.39 is 13.0 Å². The molecule has 0 amide bonds. The number of hydrogen-bond acceptors (Lipinski definition) is 3. The average molecular weight is 318 g/mol. The second-order valence-corrected chi connectivity index (χ2v) is 5.46. The average Bonchev–Trinajstić information content (AvgIpc) is 2.90. The number of rotatable bonds is 6. The molecular formula is C15H18ClF2NO2. The molecule has 0 spiro atoms. The molecule has 0 saturated carbocycles. The van der Waals surface area contributed by atoms with Crippen LogP contribution in [0.1, 0.15) is 24.8 Å². The molecule has 2 unspecified atom stereocenters. The second kappa shape index (κ2) is 6.98. The molecule has 0 saturated heterocycles. The van der Waals surface area contributed by atoms with Gasteiger partial charge in [0.25, 0.3) is 6.43 Å². The van der Waals surface area contributed by atoms with Crippen LogP contribution in [0.3, 0.4) is 0 Å². The smallest absolute Gasteiger partial charge is 0.272 e. The Morgan fingerprint density at radius 2 is 2.14 bits per heavy atom. The van der Waals surface area contributed by atoms with Crippen molar-refractivity contribution in [3.63, 3.8) is 0 Å². The fourth-order valence-electron chi connectivity index (χ4n) is 2.32. The van der Waals surface area contributed by atoms with E-state index in [1.807, 2.05) is 12.1 Å². The molecule has 0 aliphatic carbocycles. The Morgan fingerprint density at radius 3 is 2.71 bits per heavy atom. The maximum absolute atomic E-state index is 12.2. The van der Waals surface area contributed by atoms with E-state index in [4.69, 9.17) is 21.1 Å². The van der Waals surface area contributed by atoms with E-state index in [0.29, 0.717) is 11.5 Å². The lowest BCUT2D eigenvalue weighted by atomic mass is 9.92. The van der Waals surface area contributed by atoms with E-state index in [2.05, 4.69) is 12.2 Å². The van der Waals surface area contributed by atoms with Gasteiger partial charge in [-0.1, -0.05) is 24.6 Å². The maximum atomic E-state index is 12.2. The van der Waals surface area contributed by atoms with Crippen molar-refractivity contribution < 1.29 is 18.3 Å². The molecule has 0 aromatic heterocycles. The van der Waals surface area contributed by atoms with Crippen LogP contribution in [0.25, 0.3) is 0 Å². The van der Waals surface area contributed by atoms with Gasteiger partial charge in [0.15, 0.2) is 11.5 Å². The normalized spacial score (nSPS) is 19.1. The number of nitrogens with one attached hydrogen (secondary N) is 1. The summed E-state index contributed by atoms with van der Waals surface area (Å²) in [6.45, 7) is 1.43. The zero-order valence-electron chi connectivity index (χ0n) is 11.9. The Balaban J connectivity index is 2.11. The molecule has 2 rings (SSSR count). The van der Waals surface area contributed by atoms with Gasteiger partial charge in [-0.05, 0) is 17.7 Å². The summed E-state index contributed by atoms with van der Waals surface area (Å²) in [6, 6.07) is 5.56. The second-order valence-electron chi connectivity index (χ2n) is 4.97. The first kappa shape index (κ1) is 15.9. The molecule has 0 radical (unpaired) electrons. The van der Waals surface area contributed by atoms with Crippen LogP contribution in [-0.2, 0) is 0 Å². The molecule has 0 bridgehead atoms. The van der Waals surface area contributed by atoms with Crippen LogP contribution in [0, 0.1) is 0 Å². The van der Waals surface area contributed by atoms with Crippen LogP contribution >= 0.6 is 11.6 Å². The molecule has 116 valence electrons. The van der Waals surface area contributed by atoms with Crippen LogP contribution < -0.4 is 14.8 Å². The molecule has 0 fully saturated rings. The first-order valence-corrected chi connectivity index (χ1v) is 7.08. The monoisotopic (exact) mass is 317 g/mol. The van der Waals surface area contributed by atoms with Crippen molar-refractivity contribution >= 4 is 11.6 Å². The lowest BCUT2D eigenvalue weighted by Crippen LogP contribution is -2.25. The standard InChI is InChI=1S/C15H18ClF2NO2/c1-9(12-6-11(16)7-19-12)10-3-4-13(14(5-10)20-2)21-8-15(17)18/h3-5,7,9,12,15,19H,6,8H2,1-2H3. The highest BCUT2D eigenvalue weighted by Gasteiger charge is 2.23. The Kier molecular flexibility index (Phi) is 5.28. The van der Waals surface area contributed by atoms with Crippen LogP contribution in [-0.4, -0.2) is 26.2 Å². The molecule has 1 heterocycles. The number of benzene rings is 1. The fourth-order valence-corrected chi connectivity index (χ4v) is 2.55. The third-order valence-corrected chi connectivity index (χ3v) is 3.81. The Bertz CT molecular complexity index is 522. The number of methoxy groups -OCH3 is 1. The number of halogens is 3. The van der Waals surface area contributed by atoms with Gasteiger partial charge in [-0.3, -0.25) is 0 Å². The summed E-state index contributed by atoms with van der Waals surface area (Å²) in [5, 5.41) is 4.03. The molecule has 21 heavy (non-hydrogen) atoms. The summed E-state index contributed by atoms with van der Waals surface area (Å²) in [5.74, 6) is 0.983. The van der Waals surface area contributed by atoms with Crippen molar-refractivity contribution in [1.82, 2.24) is 5.32 Å². The number of alkyl halides is 2. The van der Waals surface area contributed by atoms with Gasteiger partial charge in [0, 0.05) is 29.6 Å². The molecule has 6 heteroatoms. The highest BCUT2D eigenvalue weighted by molar-refractivity contribution is 6.29. The van der Waals surface area contributed by atoms with Gasteiger partial charge in [0.05, 0.1) is 7.11 Å². The molecular weight excluding hydrogens is 300 g/mol. The van der Waals surface area contributed by atoms with Crippen molar-refractivity contribution in [2.24, 2.45) is 0 Å². The minimum atomic E-state index is -2.51. The summed E-state index contributed by atoms with van der Waals surface area (Å²) in [5.41, 5.74) is 1.04. The first-order valence-electron chi connectivity index (χ1n) is 6.70. The molecule has 2 atom stereocenters. The zero-order valence-corrected chi connectivity index (χ0v) is 12.7. The minimum absolute atomic E-state index is 0.204. The summed E-state index contributed by atoms with van der Waals surface area (Å²) >= 11 is 5.98. The maximum Gasteiger partial charge on any atom is 0.272 e. The van der Waals surface area contributed by atoms with Crippen molar-refractivity contribution in [3.8, 4) is 11.5 Å². The summed E-state index contributed by atoms with van der Waals surface area (Å²) < 4.78 is 34.7. The lowest BCUT2D eigenvalue weighted by molar-refractivity contribution is 0.0804. The molecule has 1 N–H and O–H groups in total. The third-order valence-electron chi connectivity index (χ3n) is 3.55. The third kappa shape index (κ3) is 4.00. The minimum Gasteiger partial charge on any atom is -0.493 e. The van der Waals surface area contributed by atoms with E-state index in [-0.39, 0.29) is 12.0 Å². The van der Waals surface area contributed by atoms with Crippen LogP contribution in [0.5, 0.6) is 11.5 Å². The Hall–Kier alpha value is -1.49. The van der Waals surface area contributed by atoms with Gasteiger partial charge >= 0.3 is 0 Å². The number of hydrogen-bond donors (Lipinski definition) is 1. The van der Waals surface area contributed by atoms with Gasteiger partial charge in [-0.2, -0.15) is 0 Å². The van der Waals surface area contributed by atoms with Crippen LogP contribution in [0.4, 0.5) is 8.78 Å². The van der Waals surface area contributed by atoms with E-state index in [1.165, 1.54) is 7.11 Å². The number of ether oxygens (including phenoxy) is 2. The predicted octanol–water partition coefficient (Wildman–Crippen LogP) is 3.88. The quantitative estimate of drug-likeness (QED) is 0.863. The van der Waals surface area contributed by atoms with Crippen molar-refractivity contribution in [2.75, 3.05) is 13.7 Å². The van der Waals surface area contributed by atoms with Gasteiger partial charge in [-0.15, -0.1) is 0 Å². The van der Waals surface area contributed by atoms with Crippen molar-refractivity contribution in [1.29, 1.82) is 0 Å². The van der Waals surface area contributed by atoms with Crippen molar-refractivity contribution in [2.45, 2.75) is 31.7 Å². The molecule has 1 aliphatic heterocycles. The Labute approximate surface area is 127 Å². The summed E-state index contributed by atoms with van der Waals surface area (Å²) in [7, 11) is 1.49. The Morgan fingerprint density at radius 1 is 1.38 bits per heavy atom. The van der Waals surface area contributed by atoms with Gasteiger partial charge < -0.3 is 14.8 Å². The molecule has 1 aromatic carbocycles. The van der Waals surface area contributed by atoms with Crippen molar-refractivity contribution in [3.05, 3.63) is 35.0 Å². The topological polar surface area (TPSA) is 30.5 Å². The first-order chi connectivity index (χ1) is 10.0. The largest absolute Gasteiger partial charge is 0.493 e. The molecule has 1 aromatic rings. The van der Waals surface area contributed by atoms with E-state index in [0.717, 1.165) is 17.0 Å². The highest BCUT2D eigenvalue weighted by Crippen LogP contribution is 2.34. The fraction of sp³-hybridized carbons (Fsp3) is 0.467. The lowest BCUT2D eigenvalue weighted by Gasteiger charge is -2.21. The predicted molar refractivity (Wildman–Crippen MR) is 78.4 cm³/mol. The van der Waals surface area contributed by atoms with Crippen LogP contribution in [0.2, 0.25) is 0 Å². The van der Waals surface area contributed by atoms with Gasteiger partial charge in [0.1, 0.15) is 6.61 Å². The van der Waals surface area contributed by atoms with E-state index in [1.54, 1.807) is 12.3 Å². The highest BCUT2D eigenvalue weighted by atomic mass is 35.5. The zero-order chi connectivity index (χ0) is 15.4. The van der Waals surface area contributed by atoms with E-state index >= 15 is 0 Å². The SMILES string of the molecule is COc1cc(C(C)C2CC(Cl)=CN2)ccc1OCC(F)F. The molecule has 1 aliphatic rings.